The Morgan fingerprint density at radius 3 is 2.77 bits per heavy atom. The van der Waals surface area contributed by atoms with Crippen LogP contribution >= 0.6 is 11.3 Å². The average molecular weight is 442 g/mol. The molecule has 0 saturated heterocycles. The number of hydrogen-bond donors (Lipinski definition) is 2. The van der Waals surface area contributed by atoms with E-state index in [1.54, 1.807) is 11.4 Å². The first-order valence-electron chi connectivity index (χ1n) is 10.4. The lowest BCUT2D eigenvalue weighted by molar-refractivity contribution is -0.126. The number of carbonyl (C=O) groups excluding carboxylic acids is 1. The Bertz CT molecular complexity index is 1240. The summed E-state index contributed by atoms with van der Waals surface area (Å²) in [6, 6.07) is 7.41. The van der Waals surface area contributed by atoms with Crippen molar-refractivity contribution in [1.29, 1.82) is 0 Å². The van der Waals surface area contributed by atoms with Crippen LogP contribution in [0.5, 0.6) is 11.5 Å². The first kappa shape index (κ1) is 19.9. The molecule has 1 aliphatic carbocycles. The minimum Gasteiger partial charge on any atom is -0.454 e. The highest BCUT2D eigenvalue weighted by atomic mass is 32.1. The molecular formula is C22H23N3O5S. The van der Waals surface area contributed by atoms with Crippen LogP contribution in [0.15, 0.2) is 39.2 Å². The highest BCUT2D eigenvalue weighted by molar-refractivity contribution is 7.17. The molecule has 1 amide bonds. The van der Waals surface area contributed by atoms with E-state index >= 15 is 0 Å². The Kier molecular flexibility index (Phi) is 5.27. The van der Waals surface area contributed by atoms with Gasteiger partial charge in [0.1, 0.15) is 4.70 Å². The van der Waals surface area contributed by atoms with Crippen molar-refractivity contribution in [2.24, 2.45) is 11.8 Å². The summed E-state index contributed by atoms with van der Waals surface area (Å²) in [4.78, 5) is 40.3. The summed E-state index contributed by atoms with van der Waals surface area (Å²) in [5.41, 5.74) is 0.977. The number of aromatic amines is 1. The van der Waals surface area contributed by atoms with E-state index in [1.807, 2.05) is 18.2 Å². The minimum absolute atomic E-state index is 0.0416. The Balaban J connectivity index is 1.16. The lowest BCUT2D eigenvalue weighted by atomic mass is 9.81. The zero-order valence-corrected chi connectivity index (χ0v) is 17.7. The molecule has 3 heterocycles. The van der Waals surface area contributed by atoms with Gasteiger partial charge in [0, 0.05) is 19.0 Å². The number of rotatable bonds is 5. The predicted molar refractivity (Wildman–Crippen MR) is 117 cm³/mol. The summed E-state index contributed by atoms with van der Waals surface area (Å²) in [5.74, 6) is 1.66. The van der Waals surface area contributed by atoms with Crippen molar-refractivity contribution < 1.29 is 14.3 Å². The van der Waals surface area contributed by atoms with Crippen molar-refractivity contribution >= 4 is 27.5 Å². The fourth-order valence-electron chi connectivity index (χ4n) is 4.39. The van der Waals surface area contributed by atoms with Crippen LogP contribution in [0.2, 0.25) is 0 Å². The van der Waals surface area contributed by atoms with Gasteiger partial charge >= 0.3 is 5.69 Å². The lowest BCUT2D eigenvalue weighted by Crippen LogP contribution is -2.38. The van der Waals surface area contributed by atoms with Crippen LogP contribution in [0.1, 0.15) is 31.2 Å². The van der Waals surface area contributed by atoms with Crippen LogP contribution in [-0.4, -0.2) is 22.3 Å². The number of hydrogen-bond acceptors (Lipinski definition) is 6. The van der Waals surface area contributed by atoms with Gasteiger partial charge in [0.05, 0.1) is 5.52 Å². The van der Waals surface area contributed by atoms with Gasteiger partial charge in [-0.1, -0.05) is 6.07 Å². The van der Waals surface area contributed by atoms with Crippen molar-refractivity contribution in [3.63, 3.8) is 0 Å². The molecule has 5 rings (SSSR count). The van der Waals surface area contributed by atoms with Crippen LogP contribution in [0.25, 0.3) is 10.2 Å². The molecule has 2 N–H and O–H groups in total. The van der Waals surface area contributed by atoms with Crippen molar-refractivity contribution in [1.82, 2.24) is 14.9 Å². The van der Waals surface area contributed by atoms with E-state index in [9.17, 15) is 14.4 Å². The van der Waals surface area contributed by atoms with Gasteiger partial charge in [0.25, 0.3) is 5.56 Å². The van der Waals surface area contributed by atoms with Crippen molar-refractivity contribution in [3.05, 3.63) is 56.0 Å². The van der Waals surface area contributed by atoms with Crippen LogP contribution in [0.3, 0.4) is 0 Å². The molecule has 1 fully saturated rings. The summed E-state index contributed by atoms with van der Waals surface area (Å²) in [6.45, 7) is 1.07. The smallest absolute Gasteiger partial charge is 0.328 e. The van der Waals surface area contributed by atoms with Crippen molar-refractivity contribution in [3.8, 4) is 11.5 Å². The number of H-pyrrole nitrogens is 1. The van der Waals surface area contributed by atoms with Crippen LogP contribution in [0.4, 0.5) is 0 Å². The standard InChI is InChI=1S/C22H23N3O5S/c26-20(23-10-14-3-6-17-18(9-14)30-12-29-17)15-4-1-13(2-5-15)11-25-21(27)19-16(7-8-31-19)24-22(25)28/h3,6-9,13,15H,1-2,4-5,10-12H2,(H,23,26)(H,24,28). The van der Waals surface area contributed by atoms with E-state index in [0.717, 1.165) is 37.0 Å². The number of benzene rings is 1. The van der Waals surface area contributed by atoms with Crippen molar-refractivity contribution in [2.45, 2.75) is 38.8 Å². The van der Waals surface area contributed by atoms with Gasteiger partial charge in [-0.05, 0) is 60.7 Å². The number of thiophene rings is 1. The van der Waals surface area contributed by atoms with Crippen LogP contribution in [-0.2, 0) is 17.9 Å². The second kappa shape index (κ2) is 8.22. The van der Waals surface area contributed by atoms with E-state index in [2.05, 4.69) is 10.3 Å². The second-order valence-electron chi connectivity index (χ2n) is 8.13. The van der Waals surface area contributed by atoms with E-state index < -0.39 is 0 Å². The maximum absolute atomic E-state index is 12.6. The zero-order valence-electron chi connectivity index (χ0n) is 16.9. The minimum atomic E-state index is -0.362. The molecule has 0 unspecified atom stereocenters. The molecule has 0 bridgehead atoms. The molecule has 2 aromatic heterocycles. The predicted octanol–water partition coefficient (Wildman–Crippen LogP) is 2.60. The van der Waals surface area contributed by atoms with Gasteiger partial charge in [0.2, 0.25) is 12.7 Å². The molecule has 162 valence electrons. The van der Waals surface area contributed by atoms with Gasteiger partial charge < -0.3 is 19.8 Å². The number of aromatic nitrogens is 2. The average Bonchev–Trinajstić information content (AvgIpc) is 3.44. The Morgan fingerprint density at radius 2 is 1.94 bits per heavy atom. The first-order chi connectivity index (χ1) is 15.1. The van der Waals surface area contributed by atoms with Gasteiger partial charge in [-0.3, -0.25) is 14.2 Å². The largest absolute Gasteiger partial charge is 0.454 e. The van der Waals surface area contributed by atoms with Gasteiger partial charge in [-0.25, -0.2) is 4.79 Å². The number of nitrogens with one attached hydrogen (secondary N) is 2. The van der Waals surface area contributed by atoms with E-state index in [0.29, 0.717) is 29.1 Å². The summed E-state index contributed by atoms with van der Waals surface area (Å²) in [6.07, 6.45) is 3.14. The highest BCUT2D eigenvalue weighted by Gasteiger charge is 2.27. The van der Waals surface area contributed by atoms with E-state index in [4.69, 9.17) is 9.47 Å². The normalized spacial score (nSPS) is 20.1. The Labute approximate surface area is 181 Å². The van der Waals surface area contributed by atoms with Gasteiger partial charge in [0.15, 0.2) is 11.5 Å². The topological polar surface area (TPSA) is 102 Å². The highest BCUT2D eigenvalue weighted by Crippen LogP contribution is 2.33. The molecule has 1 saturated carbocycles. The fourth-order valence-corrected chi connectivity index (χ4v) is 5.18. The molecular weight excluding hydrogens is 418 g/mol. The Hall–Kier alpha value is -3.07. The number of nitrogens with zero attached hydrogens (tertiary/aromatic N) is 1. The summed E-state index contributed by atoms with van der Waals surface area (Å²) >= 11 is 1.34. The molecule has 0 radical (unpaired) electrons. The number of carbonyl (C=O) groups is 1. The third kappa shape index (κ3) is 3.97. The lowest BCUT2D eigenvalue weighted by Gasteiger charge is -2.28. The first-order valence-corrected chi connectivity index (χ1v) is 11.3. The SMILES string of the molecule is O=C(NCc1ccc2c(c1)OCO2)C1CCC(Cn2c(=O)[nH]c3ccsc3c2=O)CC1. The zero-order chi connectivity index (χ0) is 21.4. The second-order valence-corrected chi connectivity index (χ2v) is 9.05. The quantitative estimate of drug-likeness (QED) is 0.634. The van der Waals surface area contributed by atoms with Gasteiger partial charge in [-0.2, -0.15) is 0 Å². The van der Waals surface area contributed by atoms with Crippen molar-refractivity contribution in [2.75, 3.05) is 6.79 Å². The number of ether oxygens (including phenoxy) is 2. The molecule has 1 aliphatic heterocycles. The fraction of sp³-hybridized carbons (Fsp3) is 0.409. The molecule has 8 nitrogen and oxygen atoms in total. The Morgan fingerprint density at radius 1 is 1.13 bits per heavy atom. The molecule has 0 spiro atoms. The third-order valence-corrected chi connectivity index (χ3v) is 7.06. The van der Waals surface area contributed by atoms with Gasteiger partial charge in [-0.15, -0.1) is 11.3 Å². The van der Waals surface area contributed by atoms with E-state index in [-0.39, 0.29) is 35.8 Å². The number of amides is 1. The summed E-state index contributed by atoms with van der Waals surface area (Å²) in [7, 11) is 0. The molecule has 1 aromatic carbocycles. The molecule has 0 atom stereocenters. The van der Waals surface area contributed by atoms with Crippen LogP contribution < -0.4 is 26.0 Å². The van der Waals surface area contributed by atoms with E-state index in [1.165, 1.54) is 15.9 Å². The summed E-state index contributed by atoms with van der Waals surface area (Å²) in [5, 5.41) is 4.82. The maximum atomic E-state index is 12.6. The molecule has 31 heavy (non-hydrogen) atoms. The molecule has 3 aromatic rings. The third-order valence-electron chi connectivity index (χ3n) is 6.15. The number of fused-ring (bicyclic) bond motifs is 2. The summed E-state index contributed by atoms with van der Waals surface area (Å²) < 4.78 is 12.6. The van der Waals surface area contributed by atoms with Crippen LogP contribution in [0, 0.1) is 11.8 Å². The molecule has 2 aliphatic rings. The molecule has 9 heteroatoms. The maximum Gasteiger partial charge on any atom is 0.328 e. The monoisotopic (exact) mass is 441 g/mol.